The Morgan fingerprint density at radius 2 is 2.36 bits per heavy atom. The van der Waals surface area contributed by atoms with Crippen molar-refractivity contribution in [3.05, 3.63) is 40.9 Å². The molecule has 2 rings (SSSR count). The van der Waals surface area contributed by atoms with Crippen LogP contribution in [-0.2, 0) is 6.54 Å². The average Bonchev–Trinajstić information content (AvgIpc) is 2.65. The molecule has 4 nitrogen and oxygen atoms in total. The lowest BCUT2D eigenvalue weighted by atomic mass is 10.3. The van der Waals surface area contributed by atoms with Crippen molar-refractivity contribution in [2.24, 2.45) is 5.73 Å². The van der Waals surface area contributed by atoms with Crippen LogP contribution < -0.4 is 5.73 Å². The summed E-state index contributed by atoms with van der Waals surface area (Å²) in [5.41, 5.74) is 7.33. The van der Waals surface area contributed by atoms with E-state index in [0.29, 0.717) is 6.54 Å². The molecule has 0 bridgehead atoms. The zero-order valence-electron chi connectivity index (χ0n) is 7.39. The highest BCUT2D eigenvalue weighted by Gasteiger charge is 2.04. The fourth-order valence-electron chi connectivity index (χ4n) is 1.23. The molecule has 72 valence electrons. The van der Waals surface area contributed by atoms with E-state index in [0.717, 1.165) is 15.9 Å². The largest absolute Gasteiger partial charge is 0.325 e. The van der Waals surface area contributed by atoms with Gasteiger partial charge in [0.05, 0.1) is 22.1 Å². The molecule has 0 aliphatic carbocycles. The molecule has 5 heteroatoms. The number of pyridine rings is 1. The molecule has 0 aromatic carbocycles. The van der Waals surface area contributed by atoms with Crippen LogP contribution in [0.1, 0.15) is 5.69 Å². The molecule has 0 fully saturated rings. The van der Waals surface area contributed by atoms with E-state index in [-0.39, 0.29) is 0 Å². The SMILES string of the molecule is NCc1ncccc1-n1cc(Br)cn1. The molecular formula is C9H9BrN4. The molecule has 0 saturated carbocycles. The Kier molecular flexibility index (Phi) is 2.60. The van der Waals surface area contributed by atoms with Gasteiger partial charge in [-0.25, -0.2) is 4.68 Å². The standard InChI is InChI=1S/C9H9BrN4/c10-7-5-13-14(6-7)9-2-1-3-12-8(9)4-11/h1-3,5-6H,4,11H2. The molecule has 14 heavy (non-hydrogen) atoms. The van der Waals surface area contributed by atoms with E-state index in [1.165, 1.54) is 0 Å². The molecule has 2 N–H and O–H groups in total. The van der Waals surface area contributed by atoms with E-state index in [4.69, 9.17) is 5.73 Å². The van der Waals surface area contributed by atoms with Gasteiger partial charge < -0.3 is 5.73 Å². The van der Waals surface area contributed by atoms with Gasteiger partial charge in [-0.3, -0.25) is 4.98 Å². The second-order valence-electron chi connectivity index (χ2n) is 2.78. The average molecular weight is 253 g/mol. The third-order valence-electron chi connectivity index (χ3n) is 1.86. The van der Waals surface area contributed by atoms with Crippen molar-refractivity contribution < 1.29 is 0 Å². The summed E-state index contributed by atoms with van der Waals surface area (Å²) >= 11 is 3.34. The molecule has 2 aromatic heterocycles. The van der Waals surface area contributed by atoms with Crippen LogP contribution in [0.15, 0.2) is 35.2 Å². The van der Waals surface area contributed by atoms with Gasteiger partial charge in [0.1, 0.15) is 0 Å². The first kappa shape index (κ1) is 9.36. The van der Waals surface area contributed by atoms with Crippen molar-refractivity contribution in [1.82, 2.24) is 14.8 Å². The van der Waals surface area contributed by atoms with E-state index in [1.54, 1.807) is 17.1 Å². The van der Waals surface area contributed by atoms with Crippen molar-refractivity contribution in [1.29, 1.82) is 0 Å². The van der Waals surface area contributed by atoms with Crippen LogP contribution in [0.25, 0.3) is 5.69 Å². The number of nitrogens with two attached hydrogens (primary N) is 1. The molecule has 2 aromatic rings. The summed E-state index contributed by atoms with van der Waals surface area (Å²) in [5.74, 6) is 0. The lowest BCUT2D eigenvalue weighted by Crippen LogP contribution is -2.06. The first-order valence-corrected chi connectivity index (χ1v) is 4.95. The lowest BCUT2D eigenvalue weighted by molar-refractivity contribution is 0.839. The van der Waals surface area contributed by atoms with Gasteiger partial charge in [-0.1, -0.05) is 0 Å². The molecule has 0 radical (unpaired) electrons. The van der Waals surface area contributed by atoms with Crippen molar-refractivity contribution in [3.8, 4) is 5.69 Å². The van der Waals surface area contributed by atoms with Crippen molar-refractivity contribution >= 4 is 15.9 Å². The Labute approximate surface area is 89.9 Å². The zero-order chi connectivity index (χ0) is 9.97. The van der Waals surface area contributed by atoms with Crippen LogP contribution in [-0.4, -0.2) is 14.8 Å². The number of hydrogen-bond donors (Lipinski definition) is 1. The van der Waals surface area contributed by atoms with Crippen LogP contribution in [0.5, 0.6) is 0 Å². The molecule has 0 unspecified atom stereocenters. The summed E-state index contributed by atoms with van der Waals surface area (Å²) in [5, 5.41) is 4.17. The van der Waals surface area contributed by atoms with E-state index >= 15 is 0 Å². The highest BCUT2D eigenvalue weighted by Crippen LogP contribution is 2.14. The molecule has 0 atom stereocenters. The highest BCUT2D eigenvalue weighted by molar-refractivity contribution is 9.10. The third kappa shape index (κ3) is 1.69. The van der Waals surface area contributed by atoms with Gasteiger partial charge >= 0.3 is 0 Å². The molecule has 0 saturated heterocycles. The molecule has 0 aliphatic rings. The van der Waals surface area contributed by atoms with Gasteiger partial charge in [0, 0.05) is 18.9 Å². The second-order valence-corrected chi connectivity index (χ2v) is 3.69. The minimum absolute atomic E-state index is 0.410. The minimum atomic E-state index is 0.410. The van der Waals surface area contributed by atoms with E-state index in [9.17, 15) is 0 Å². The van der Waals surface area contributed by atoms with Gasteiger partial charge in [0.25, 0.3) is 0 Å². The predicted octanol–water partition coefficient (Wildman–Crippen LogP) is 1.49. The molecule has 0 spiro atoms. The normalized spacial score (nSPS) is 10.4. The van der Waals surface area contributed by atoms with Gasteiger partial charge in [-0.2, -0.15) is 5.10 Å². The maximum absolute atomic E-state index is 5.58. The third-order valence-corrected chi connectivity index (χ3v) is 2.27. The Bertz CT molecular complexity index is 438. The first-order valence-electron chi connectivity index (χ1n) is 4.16. The van der Waals surface area contributed by atoms with Gasteiger partial charge in [0.15, 0.2) is 0 Å². The highest BCUT2D eigenvalue weighted by atomic mass is 79.9. The number of nitrogens with zero attached hydrogens (tertiary/aromatic N) is 3. The monoisotopic (exact) mass is 252 g/mol. The number of aromatic nitrogens is 3. The summed E-state index contributed by atoms with van der Waals surface area (Å²) in [4.78, 5) is 4.18. The Morgan fingerprint density at radius 1 is 1.50 bits per heavy atom. The van der Waals surface area contributed by atoms with Gasteiger partial charge in [-0.15, -0.1) is 0 Å². The van der Waals surface area contributed by atoms with Gasteiger partial charge in [0.2, 0.25) is 0 Å². The van der Waals surface area contributed by atoms with E-state index in [2.05, 4.69) is 26.0 Å². The number of halogens is 1. The second kappa shape index (κ2) is 3.89. The smallest absolute Gasteiger partial charge is 0.0874 e. The van der Waals surface area contributed by atoms with Crippen molar-refractivity contribution in [2.45, 2.75) is 6.54 Å². The predicted molar refractivity (Wildman–Crippen MR) is 57.0 cm³/mol. The number of rotatable bonds is 2. The van der Waals surface area contributed by atoms with Crippen LogP contribution in [0.3, 0.4) is 0 Å². The fraction of sp³-hybridized carbons (Fsp3) is 0.111. The summed E-state index contributed by atoms with van der Waals surface area (Å²) < 4.78 is 2.68. The lowest BCUT2D eigenvalue weighted by Gasteiger charge is -2.05. The maximum Gasteiger partial charge on any atom is 0.0874 e. The molecular weight excluding hydrogens is 244 g/mol. The zero-order valence-corrected chi connectivity index (χ0v) is 8.98. The van der Waals surface area contributed by atoms with E-state index < -0.39 is 0 Å². The maximum atomic E-state index is 5.58. The summed E-state index contributed by atoms with van der Waals surface area (Å²) in [6.45, 7) is 0.410. The molecule has 0 aliphatic heterocycles. The van der Waals surface area contributed by atoms with E-state index in [1.807, 2.05) is 18.3 Å². The summed E-state index contributed by atoms with van der Waals surface area (Å²) in [6.07, 6.45) is 5.33. The summed E-state index contributed by atoms with van der Waals surface area (Å²) in [6, 6.07) is 3.80. The molecule has 0 amide bonds. The molecule has 2 heterocycles. The fourth-order valence-corrected chi connectivity index (χ4v) is 1.51. The number of hydrogen-bond acceptors (Lipinski definition) is 3. The quantitative estimate of drug-likeness (QED) is 0.882. The van der Waals surface area contributed by atoms with Crippen LogP contribution in [0, 0.1) is 0 Å². The van der Waals surface area contributed by atoms with Crippen LogP contribution in [0.2, 0.25) is 0 Å². The van der Waals surface area contributed by atoms with Crippen molar-refractivity contribution in [2.75, 3.05) is 0 Å². The summed E-state index contributed by atoms with van der Waals surface area (Å²) in [7, 11) is 0. The van der Waals surface area contributed by atoms with Crippen molar-refractivity contribution in [3.63, 3.8) is 0 Å². The van der Waals surface area contributed by atoms with Gasteiger partial charge in [-0.05, 0) is 28.1 Å². The van der Waals surface area contributed by atoms with Crippen LogP contribution in [0.4, 0.5) is 0 Å². The Hall–Kier alpha value is -1.20. The minimum Gasteiger partial charge on any atom is -0.325 e. The van der Waals surface area contributed by atoms with Crippen LogP contribution >= 0.6 is 15.9 Å². The topological polar surface area (TPSA) is 56.7 Å². The Morgan fingerprint density at radius 3 is 3.00 bits per heavy atom. The first-order chi connectivity index (χ1) is 6.81. The Balaban J connectivity index is 2.50.